The molecule has 1 fully saturated rings. The summed E-state index contributed by atoms with van der Waals surface area (Å²) >= 11 is 0. The lowest BCUT2D eigenvalue weighted by Gasteiger charge is -2.33. The fourth-order valence-corrected chi connectivity index (χ4v) is 2.77. The molecule has 0 N–H and O–H groups in total. The van der Waals surface area contributed by atoms with Crippen molar-refractivity contribution in [3.63, 3.8) is 0 Å². The normalized spacial score (nSPS) is 28.1. The maximum atomic E-state index is 2.65. The maximum absolute atomic E-state index is 2.65. The summed E-state index contributed by atoms with van der Waals surface area (Å²) < 4.78 is 0. The van der Waals surface area contributed by atoms with Gasteiger partial charge in [-0.1, -0.05) is 25.0 Å². The van der Waals surface area contributed by atoms with Crippen LogP contribution in [0, 0.1) is 5.92 Å². The van der Waals surface area contributed by atoms with E-state index >= 15 is 0 Å². The lowest BCUT2D eigenvalue weighted by molar-refractivity contribution is 0.169. The van der Waals surface area contributed by atoms with E-state index in [1.807, 2.05) is 0 Å². The summed E-state index contributed by atoms with van der Waals surface area (Å²) in [5.74, 6) is 0.992. The van der Waals surface area contributed by atoms with Gasteiger partial charge in [-0.15, -0.1) is 0 Å². The van der Waals surface area contributed by atoms with Gasteiger partial charge in [0.15, 0.2) is 0 Å². The highest BCUT2D eigenvalue weighted by atomic mass is 15.2. The van der Waals surface area contributed by atoms with Gasteiger partial charge in [-0.3, -0.25) is 4.90 Å². The predicted octanol–water partition coefficient (Wildman–Crippen LogP) is 2.83. The zero-order valence-corrected chi connectivity index (χ0v) is 8.71. The largest absolute Gasteiger partial charge is 0.296 e. The van der Waals surface area contributed by atoms with E-state index in [-0.39, 0.29) is 0 Å². The van der Waals surface area contributed by atoms with Gasteiger partial charge < -0.3 is 0 Å². The average Bonchev–Trinajstić information content (AvgIpc) is 2.71. The Balaban J connectivity index is 1.87. The molecule has 1 unspecified atom stereocenters. The van der Waals surface area contributed by atoms with Crippen LogP contribution in [-0.4, -0.2) is 24.0 Å². The predicted molar refractivity (Wildman–Crippen MR) is 56.8 cm³/mol. The second kappa shape index (κ2) is 4.28. The fourth-order valence-electron chi connectivity index (χ4n) is 2.77. The molecule has 1 nitrogen and oxygen atoms in total. The highest BCUT2D eigenvalue weighted by Gasteiger charge is 2.25. The molecule has 1 saturated carbocycles. The van der Waals surface area contributed by atoms with Gasteiger partial charge in [0.2, 0.25) is 0 Å². The van der Waals surface area contributed by atoms with Gasteiger partial charge >= 0.3 is 0 Å². The molecule has 0 aromatic heterocycles. The van der Waals surface area contributed by atoms with E-state index in [9.17, 15) is 0 Å². The van der Waals surface area contributed by atoms with Crippen LogP contribution >= 0.6 is 0 Å². The van der Waals surface area contributed by atoms with Crippen molar-refractivity contribution in [1.82, 2.24) is 4.90 Å². The Morgan fingerprint density at radius 1 is 1.23 bits per heavy atom. The average molecular weight is 179 g/mol. The Morgan fingerprint density at radius 2 is 2.00 bits per heavy atom. The summed E-state index contributed by atoms with van der Waals surface area (Å²) in [6, 6.07) is 0.826. The van der Waals surface area contributed by atoms with E-state index in [4.69, 9.17) is 0 Å². The number of nitrogens with zero attached hydrogens (tertiary/aromatic N) is 1. The zero-order chi connectivity index (χ0) is 9.10. The first-order valence-corrected chi connectivity index (χ1v) is 5.77. The van der Waals surface area contributed by atoms with Crippen LogP contribution in [0.2, 0.25) is 0 Å². The van der Waals surface area contributed by atoms with Gasteiger partial charge in [-0.05, 0) is 32.1 Å². The Labute approximate surface area is 81.8 Å². The van der Waals surface area contributed by atoms with Gasteiger partial charge in [0, 0.05) is 19.1 Å². The summed E-state index contributed by atoms with van der Waals surface area (Å²) in [5, 5.41) is 0. The van der Waals surface area contributed by atoms with Crippen molar-refractivity contribution in [3.8, 4) is 0 Å². The minimum Gasteiger partial charge on any atom is -0.296 e. The van der Waals surface area contributed by atoms with Gasteiger partial charge in [-0.25, -0.2) is 0 Å². The smallest absolute Gasteiger partial charge is 0.0166 e. The second-order valence-electron chi connectivity index (χ2n) is 4.54. The molecule has 0 aromatic rings. The van der Waals surface area contributed by atoms with Crippen molar-refractivity contribution in [2.75, 3.05) is 13.1 Å². The van der Waals surface area contributed by atoms with E-state index in [1.165, 1.54) is 45.2 Å². The van der Waals surface area contributed by atoms with Gasteiger partial charge in [-0.2, -0.15) is 0 Å². The van der Waals surface area contributed by atoms with Crippen molar-refractivity contribution < 1.29 is 0 Å². The molecule has 13 heavy (non-hydrogen) atoms. The molecule has 0 aromatic carbocycles. The molecule has 0 bridgehead atoms. The van der Waals surface area contributed by atoms with Crippen molar-refractivity contribution in [3.05, 3.63) is 12.2 Å². The third-order valence-corrected chi connectivity index (χ3v) is 3.75. The quantitative estimate of drug-likeness (QED) is 0.589. The minimum absolute atomic E-state index is 0.826. The SMILES string of the molecule is CC(C1CCCC1)N1CC=CCC1. The first-order valence-electron chi connectivity index (χ1n) is 5.77. The van der Waals surface area contributed by atoms with Crippen LogP contribution in [0.15, 0.2) is 12.2 Å². The Kier molecular flexibility index (Phi) is 3.05. The lowest BCUT2D eigenvalue weighted by atomic mass is 9.97. The van der Waals surface area contributed by atoms with Crippen LogP contribution in [0.5, 0.6) is 0 Å². The molecule has 1 aliphatic carbocycles. The Hall–Kier alpha value is -0.300. The van der Waals surface area contributed by atoms with E-state index in [0.717, 1.165) is 12.0 Å². The van der Waals surface area contributed by atoms with E-state index in [0.29, 0.717) is 0 Å². The summed E-state index contributed by atoms with van der Waals surface area (Å²) in [7, 11) is 0. The molecule has 1 aliphatic heterocycles. The molecular weight excluding hydrogens is 158 g/mol. The molecule has 0 spiro atoms. The van der Waals surface area contributed by atoms with Crippen LogP contribution in [-0.2, 0) is 0 Å². The van der Waals surface area contributed by atoms with E-state index in [1.54, 1.807) is 0 Å². The third-order valence-electron chi connectivity index (χ3n) is 3.75. The topological polar surface area (TPSA) is 3.24 Å². The lowest BCUT2D eigenvalue weighted by Crippen LogP contribution is -2.39. The van der Waals surface area contributed by atoms with Crippen molar-refractivity contribution in [1.29, 1.82) is 0 Å². The molecule has 74 valence electrons. The van der Waals surface area contributed by atoms with E-state index in [2.05, 4.69) is 24.0 Å². The summed E-state index contributed by atoms with van der Waals surface area (Å²) in [5.41, 5.74) is 0. The zero-order valence-electron chi connectivity index (χ0n) is 8.71. The Morgan fingerprint density at radius 3 is 2.62 bits per heavy atom. The third kappa shape index (κ3) is 2.14. The van der Waals surface area contributed by atoms with Crippen molar-refractivity contribution >= 4 is 0 Å². The van der Waals surface area contributed by atoms with Crippen LogP contribution < -0.4 is 0 Å². The molecule has 0 saturated heterocycles. The minimum atomic E-state index is 0.826. The highest BCUT2D eigenvalue weighted by Crippen LogP contribution is 2.30. The second-order valence-corrected chi connectivity index (χ2v) is 4.54. The highest BCUT2D eigenvalue weighted by molar-refractivity contribution is 4.93. The first kappa shape index (κ1) is 9.26. The molecule has 0 amide bonds. The number of rotatable bonds is 2. The summed E-state index contributed by atoms with van der Waals surface area (Å²) in [4.78, 5) is 2.65. The summed E-state index contributed by atoms with van der Waals surface area (Å²) in [6.45, 7) is 4.90. The Bertz CT molecular complexity index is 180. The van der Waals surface area contributed by atoms with Gasteiger partial charge in [0.25, 0.3) is 0 Å². The maximum Gasteiger partial charge on any atom is 0.0166 e. The van der Waals surface area contributed by atoms with Crippen molar-refractivity contribution in [2.24, 2.45) is 5.92 Å². The number of hydrogen-bond donors (Lipinski definition) is 0. The molecule has 2 aliphatic rings. The van der Waals surface area contributed by atoms with Crippen LogP contribution in [0.25, 0.3) is 0 Å². The molecule has 0 radical (unpaired) electrons. The van der Waals surface area contributed by atoms with Crippen LogP contribution in [0.4, 0.5) is 0 Å². The first-order chi connectivity index (χ1) is 6.38. The summed E-state index contributed by atoms with van der Waals surface area (Å²) in [6.07, 6.45) is 11.8. The van der Waals surface area contributed by atoms with Crippen LogP contribution in [0.3, 0.4) is 0 Å². The number of hydrogen-bond acceptors (Lipinski definition) is 1. The van der Waals surface area contributed by atoms with Gasteiger partial charge in [0.05, 0.1) is 0 Å². The molecule has 2 rings (SSSR count). The van der Waals surface area contributed by atoms with Gasteiger partial charge in [0.1, 0.15) is 0 Å². The van der Waals surface area contributed by atoms with Crippen LogP contribution in [0.1, 0.15) is 39.0 Å². The molecular formula is C12H21N. The van der Waals surface area contributed by atoms with E-state index < -0.39 is 0 Å². The molecule has 1 atom stereocenters. The van der Waals surface area contributed by atoms with Crippen molar-refractivity contribution in [2.45, 2.75) is 45.1 Å². The fraction of sp³-hybridized carbons (Fsp3) is 0.833. The molecule has 1 heteroatoms. The monoisotopic (exact) mass is 179 g/mol. The molecule has 1 heterocycles. The standard InChI is InChI=1S/C12H21N/c1-11(12-7-3-4-8-12)13-9-5-2-6-10-13/h2,5,11-12H,3-4,6-10H2,1H3.